The number of aromatic nitrogens is 3. The van der Waals surface area contributed by atoms with Crippen LogP contribution in [0, 0.1) is 11.8 Å². The zero-order valence-corrected chi connectivity index (χ0v) is 16.9. The van der Waals surface area contributed by atoms with Gasteiger partial charge in [-0.3, -0.25) is 0 Å². The van der Waals surface area contributed by atoms with Gasteiger partial charge in [0.2, 0.25) is 0 Å². The molecule has 2 aromatic carbocycles. The van der Waals surface area contributed by atoms with Crippen LogP contribution in [0.4, 0.5) is 29.3 Å². The molecule has 0 fully saturated rings. The van der Waals surface area contributed by atoms with Gasteiger partial charge in [0.25, 0.3) is 0 Å². The first-order chi connectivity index (χ1) is 15.3. The molecule has 2 amide bonds. The summed E-state index contributed by atoms with van der Waals surface area (Å²) in [5.41, 5.74) is 1.36. The lowest BCUT2D eigenvalue weighted by Gasteiger charge is -2.12. The minimum absolute atomic E-state index is 0.0379. The van der Waals surface area contributed by atoms with Gasteiger partial charge in [-0.2, -0.15) is 18.3 Å². The Morgan fingerprint density at radius 1 is 0.969 bits per heavy atom. The summed E-state index contributed by atoms with van der Waals surface area (Å²) in [6, 6.07) is 12.6. The molecule has 0 saturated carbocycles. The van der Waals surface area contributed by atoms with Gasteiger partial charge >= 0.3 is 12.2 Å². The molecule has 0 spiro atoms. The van der Waals surface area contributed by atoms with Gasteiger partial charge in [0.1, 0.15) is 5.69 Å². The molecule has 0 aliphatic carbocycles. The lowest BCUT2D eigenvalue weighted by atomic mass is 10.2. The number of nitrogens with zero attached hydrogens (tertiary/aromatic N) is 3. The third-order valence-corrected chi connectivity index (χ3v) is 4.59. The number of anilines is 2. The average Bonchev–Trinajstić information content (AvgIpc) is 3.22. The monoisotopic (exact) mass is 455 g/mol. The van der Waals surface area contributed by atoms with Crippen molar-refractivity contribution in [3.8, 4) is 11.8 Å². The molecule has 2 N–H and O–H groups in total. The van der Waals surface area contributed by atoms with Crippen LogP contribution in [0.25, 0.3) is 5.65 Å². The first-order valence-electron chi connectivity index (χ1n) is 9.15. The number of benzene rings is 2. The van der Waals surface area contributed by atoms with E-state index in [1.54, 1.807) is 53.3 Å². The fraction of sp³-hybridized carbons (Fsp3) is 0.0455. The number of hydrogen-bond acceptors (Lipinski definition) is 3. The SMILES string of the molecule is O=C(Nc1ccc(C#Cc2ccc3nccn3n2)cc1)Nc1ccc(Cl)c(C(F)(F)F)c1. The molecule has 0 aliphatic heterocycles. The Labute approximate surface area is 185 Å². The number of halogens is 4. The first kappa shape index (κ1) is 21.2. The summed E-state index contributed by atoms with van der Waals surface area (Å²) < 4.78 is 40.5. The standard InChI is InChI=1S/C22H13ClF3N5O/c23-19-9-7-17(13-18(19)22(24,25)26)29-21(32)28-15-4-1-14(2-5-15)3-6-16-8-10-20-27-11-12-31(20)30-16/h1-2,4-5,7-13H,(H2,28,29,32). The quantitative estimate of drug-likeness (QED) is 0.395. The molecule has 6 nitrogen and oxygen atoms in total. The number of carbonyl (C=O) groups is 1. The zero-order chi connectivity index (χ0) is 22.7. The van der Waals surface area contributed by atoms with Crippen LogP contribution in [0.5, 0.6) is 0 Å². The molecular weight excluding hydrogens is 443 g/mol. The Hall–Kier alpha value is -4.03. The van der Waals surface area contributed by atoms with Gasteiger partial charge in [0, 0.05) is 29.3 Å². The number of amides is 2. The van der Waals surface area contributed by atoms with Crippen molar-refractivity contribution in [3.63, 3.8) is 0 Å². The van der Waals surface area contributed by atoms with Gasteiger partial charge in [0.05, 0.1) is 10.6 Å². The van der Waals surface area contributed by atoms with Gasteiger partial charge in [-0.15, -0.1) is 0 Å². The Morgan fingerprint density at radius 3 is 2.44 bits per heavy atom. The van der Waals surface area contributed by atoms with Crippen LogP contribution in [-0.4, -0.2) is 20.6 Å². The maximum atomic E-state index is 12.9. The molecule has 10 heteroatoms. The molecule has 0 radical (unpaired) electrons. The number of rotatable bonds is 2. The average molecular weight is 456 g/mol. The largest absolute Gasteiger partial charge is 0.417 e. The number of nitrogens with one attached hydrogen (secondary N) is 2. The minimum Gasteiger partial charge on any atom is -0.308 e. The number of imidazole rings is 1. The molecule has 4 aromatic rings. The van der Waals surface area contributed by atoms with Crippen molar-refractivity contribution in [2.45, 2.75) is 6.18 Å². The summed E-state index contributed by atoms with van der Waals surface area (Å²) in [6.07, 6.45) is -1.26. The first-order valence-corrected chi connectivity index (χ1v) is 9.53. The lowest BCUT2D eigenvalue weighted by Crippen LogP contribution is -2.19. The van der Waals surface area contributed by atoms with E-state index in [-0.39, 0.29) is 5.69 Å². The van der Waals surface area contributed by atoms with Crippen LogP contribution in [0.2, 0.25) is 5.02 Å². The number of fused-ring (bicyclic) bond motifs is 1. The molecule has 2 heterocycles. The van der Waals surface area contributed by atoms with Crippen LogP contribution in [0.3, 0.4) is 0 Å². The molecule has 160 valence electrons. The summed E-state index contributed by atoms with van der Waals surface area (Å²) in [5.74, 6) is 5.92. The van der Waals surface area contributed by atoms with Crippen LogP contribution in [0.15, 0.2) is 67.0 Å². The molecule has 4 rings (SSSR count). The van der Waals surface area contributed by atoms with Crippen LogP contribution in [-0.2, 0) is 6.18 Å². The molecule has 0 saturated heterocycles. The van der Waals surface area contributed by atoms with E-state index < -0.39 is 22.8 Å². The van der Waals surface area contributed by atoms with Crippen molar-refractivity contribution in [3.05, 3.63) is 88.8 Å². The van der Waals surface area contributed by atoms with Crippen LogP contribution >= 0.6 is 11.6 Å². The Kier molecular flexibility index (Phi) is 5.71. The van der Waals surface area contributed by atoms with Crippen molar-refractivity contribution in [1.82, 2.24) is 14.6 Å². The van der Waals surface area contributed by atoms with Gasteiger partial charge in [-0.25, -0.2) is 14.3 Å². The smallest absolute Gasteiger partial charge is 0.308 e. The van der Waals surface area contributed by atoms with E-state index in [1.807, 2.05) is 0 Å². The Morgan fingerprint density at radius 2 is 1.69 bits per heavy atom. The highest BCUT2D eigenvalue weighted by atomic mass is 35.5. The van der Waals surface area contributed by atoms with Gasteiger partial charge in [-0.05, 0) is 60.5 Å². The molecule has 2 aromatic heterocycles. The summed E-state index contributed by atoms with van der Waals surface area (Å²) in [4.78, 5) is 16.2. The van der Waals surface area contributed by atoms with Crippen molar-refractivity contribution in [1.29, 1.82) is 0 Å². The zero-order valence-electron chi connectivity index (χ0n) is 16.1. The van der Waals surface area contributed by atoms with E-state index in [2.05, 4.69) is 32.6 Å². The van der Waals surface area contributed by atoms with E-state index in [4.69, 9.17) is 11.6 Å². The predicted molar refractivity (Wildman–Crippen MR) is 115 cm³/mol. The van der Waals surface area contributed by atoms with Crippen LogP contribution in [0.1, 0.15) is 16.8 Å². The molecular formula is C22H13ClF3N5O. The Balaban J connectivity index is 1.40. The molecule has 0 atom stereocenters. The second-order valence-corrected chi connectivity index (χ2v) is 6.95. The molecule has 0 aliphatic rings. The fourth-order valence-electron chi connectivity index (χ4n) is 2.77. The Bertz CT molecular complexity index is 1350. The lowest BCUT2D eigenvalue weighted by molar-refractivity contribution is -0.137. The fourth-order valence-corrected chi connectivity index (χ4v) is 2.99. The number of hydrogen-bond donors (Lipinski definition) is 2. The van der Waals surface area contributed by atoms with Crippen molar-refractivity contribution >= 4 is 34.7 Å². The van der Waals surface area contributed by atoms with Gasteiger partial charge in [0.15, 0.2) is 5.65 Å². The summed E-state index contributed by atoms with van der Waals surface area (Å²) in [5, 5.41) is 8.76. The highest BCUT2D eigenvalue weighted by Gasteiger charge is 2.33. The van der Waals surface area contributed by atoms with Crippen LogP contribution < -0.4 is 10.6 Å². The summed E-state index contributed by atoms with van der Waals surface area (Å²) >= 11 is 5.58. The third kappa shape index (κ3) is 4.99. The van der Waals surface area contributed by atoms with E-state index in [9.17, 15) is 18.0 Å². The molecule has 0 bridgehead atoms. The molecule has 32 heavy (non-hydrogen) atoms. The van der Waals surface area contributed by atoms with E-state index >= 15 is 0 Å². The van der Waals surface area contributed by atoms with E-state index in [1.165, 1.54) is 6.07 Å². The summed E-state index contributed by atoms with van der Waals surface area (Å²) in [6.45, 7) is 0. The molecule has 0 unspecified atom stereocenters. The van der Waals surface area contributed by atoms with Crippen molar-refractivity contribution in [2.24, 2.45) is 0 Å². The normalized spacial score (nSPS) is 11.0. The maximum absolute atomic E-state index is 12.9. The van der Waals surface area contributed by atoms with E-state index in [0.29, 0.717) is 16.9 Å². The van der Waals surface area contributed by atoms with Gasteiger partial charge < -0.3 is 10.6 Å². The summed E-state index contributed by atoms with van der Waals surface area (Å²) in [7, 11) is 0. The second-order valence-electron chi connectivity index (χ2n) is 6.55. The minimum atomic E-state index is -4.62. The maximum Gasteiger partial charge on any atom is 0.417 e. The number of alkyl halides is 3. The topological polar surface area (TPSA) is 71.3 Å². The highest BCUT2D eigenvalue weighted by molar-refractivity contribution is 6.31. The number of carbonyl (C=O) groups excluding carboxylic acids is 1. The van der Waals surface area contributed by atoms with E-state index in [0.717, 1.165) is 17.8 Å². The van der Waals surface area contributed by atoms with Crippen molar-refractivity contribution in [2.75, 3.05) is 10.6 Å². The van der Waals surface area contributed by atoms with Crippen molar-refractivity contribution < 1.29 is 18.0 Å². The highest BCUT2D eigenvalue weighted by Crippen LogP contribution is 2.36. The number of urea groups is 1. The van der Waals surface area contributed by atoms with Gasteiger partial charge in [-0.1, -0.05) is 17.5 Å². The second kappa shape index (κ2) is 8.61. The predicted octanol–water partition coefficient (Wildman–Crippen LogP) is 5.45. The third-order valence-electron chi connectivity index (χ3n) is 4.26.